The number of halogens is 1. The van der Waals surface area contributed by atoms with Gasteiger partial charge in [0.25, 0.3) is 5.91 Å². The number of nitrogens with zero attached hydrogens (tertiary/aromatic N) is 1. The van der Waals surface area contributed by atoms with Crippen molar-refractivity contribution in [2.75, 3.05) is 6.54 Å². The van der Waals surface area contributed by atoms with E-state index in [1.165, 1.54) is 24.2 Å². The average molecular weight is 304 g/mol. The summed E-state index contributed by atoms with van der Waals surface area (Å²) in [5, 5.41) is 5.85. The fraction of sp³-hybridized carbons (Fsp3) is 0.692. The molecule has 1 amide bonds. The Bertz CT molecular complexity index is 402. The molecule has 0 atom stereocenters. The van der Waals surface area contributed by atoms with E-state index in [9.17, 15) is 4.79 Å². The Labute approximate surface area is 124 Å². The highest BCUT2D eigenvalue weighted by atomic mass is 35.5. The van der Waals surface area contributed by atoms with Gasteiger partial charge in [0.1, 0.15) is 5.69 Å². The number of nitrogens with one attached hydrogen (secondary N) is 1. The van der Waals surface area contributed by atoms with Crippen molar-refractivity contribution in [1.82, 2.24) is 10.3 Å². The van der Waals surface area contributed by atoms with E-state index in [-0.39, 0.29) is 18.3 Å². The molecule has 0 radical (unpaired) electrons. The molecule has 0 aromatic carbocycles. The van der Waals surface area contributed by atoms with E-state index in [1.54, 1.807) is 0 Å². The number of aromatic nitrogens is 1. The van der Waals surface area contributed by atoms with Crippen molar-refractivity contribution in [2.24, 2.45) is 11.7 Å². The summed E-state index contributed by atoms with van der Waals surface area (Å²) in [6.45, 7) is 2.85. The molecular formula is C13H22ClN3OS. The zero-order valence-corrected chi connectivity index (χ0v) is 12.9. The Balaban J connectivity index is 0.00000180. The molecule has 0 unspecified atom stereocenters. The van der Waals surface area contributed by atoms with Gasteiger partial charge in [-0.3, -0.25) is 4.79 Å². The van der Waals surface area contributed by atoms with E-state index in [0.29, 0.717) is 18.3 Å². The number of hydrogen-bond donors (Lipinski definition) is 2. The molecule has 1 saturated carbocycles. The number of nitrogens with two attached hydrogens (primary N) is 1. The minimum atomic E-state index is -0.0333. The molecule has 19 heavy (non-hydrogen) atoms. The van der Waals surface area contributed by atoms with Gasteiger partial charge in [-0.05, 0) is 38.1 Å². The first-order valence-corrected chi connectivity index (χ1v) is 7.52. The average Bonchev–Trinajstić information content (AvgIpc) is 2.81. The second-order valence-corrected chi connectivity index (χ2v) is 6.04. The topological polar surface area (TPSA) is 68.0 Å². The zero-order valence-electron chi connectivity index (χ0n) is 11.2. The van der Waals surface area contributed by atoms with Gasteiger partial charge in [0.05, 0.1) is 5.01 Å². The molecule has 108 valence electrons. The van der Waals surface area contributed by atoms with Crippen LogP contribution in [-0.4, -0.2) is 23.5 Å². The number of carbonyl (C=O) groups is 1. The van der Waals surface area contributed by atoms with E-state index in [1.807, 2.05) is 5.38 Å². The summed E-state index contributed by atoms with van der Waals surface area (Å²) in [6.07, 6.45) is 5.35. The lowest BCUT2D eigenvalue weighted by molar-refractivity contribution is 0.0918. The maximum absolute atomic E-state index is 12.0. The molecule has 0 aliphatic heterocycles. The third kappa shape index (κ3) is 4.75. The standard InChI is InChI=1S/C13H21N3OS.ClH/c1-9-2-4-10(5-3-9)15-13(17)11-8-18-12(16-11)6-7-14;/h8-10H,2-7,14H2,1H3,(H,15,17);1H. The lowest BCUT2D eigenvalue weighted by Crippen LogP contribution is -2.37. The lowest BCUT2D eigenvalue weighted by Gasteiger charge is -2.26. The van der Waals surface area contributed by atoms with E-state index >= 15 is 0 Å². The van der Waals surface area contributed by atoms with Gasteiger partial charge in [-0.1, -0.05) is 6.92 Å². The van der Waals surface area contributed by atoms with Gasteiger partial charge in [0.2, 0.25) is 0 Å². The number of hydrogen-bond acceptors (Lipinski definition) is 4. The summed E-state index contributed by atoms with van der Waals surface area (Å²) in [5.74, 6) is 0.766. The molecule has 1 fully saturated rings. The van der Waals surface area contributed by atoms with Crippen molar-refractivity contribution in [3.63, 3.8) is 0 Å². The van der Waals surface area contributed by atoms with Gasteiger partial charge in [-0.15, -0.1) is 23.7 Å². The first-order chi connectivity index (χ1) is 8.69. The number of amides is 1. The van der Waals surface area contributed by atoms with Crippen molar-refractivity contribution in [3.8, 4) is 0 Å². The van der Waals surface area contributed by atoms with Gasteiger partial charge >= 0.3 is 0 Å². The minimum Gasteiger partial charge on any atom is -0.348 e. The van der Waals surface area contributed by atoms with Gasteiger partial charge in [0, 0.05) is 17.8 Å². The molecule has 0 bridgehead atoms. The molecule has 0 saturated heterocycles. The molecule has 1 aliphatic carbocycles. The predicted molar refractivity (Wildman–Crippen MR) is 81.0 cm³/mol. The van der Waals surface area contributed by atoms with Crippen LogP contribution in [0.1, 0.15) is 48.1 Å². The van der Waals surface area contributed by atoms with Crippen molar-refractivity contribution in [2.45, 2.75) is 45.1 Å². The van der Waals surface area contributed by atoms with Crippen LogP contribution in [0.5, 0.6) is 0 Å². The number of thiazole rings is 1. The molecular weight excluding hydrogens is 282 g/mol. The largest absolute Gasteiger partial charge is 0.348 e. The fourth-order valence-electron chi connectivity index (χ4n) is 2.32. The molecule has 4 nitrogen and oxygen atoms in total. The summed E-state index contributed by atoms with van der Waals surface area (Å²) >= 11 is 1.51. The fourth-order valence-corrected chi connectivity index (χ4v) is 3.11. The SMILES string of the molecule is CC1CCC(NC(=O)c2csc(CCN)n2)CC1.Cl. The number of carbonyl (C=O) groups excluding carboxylic acids is 1. The molecule has 2 rings (SSSR count). The second kappa shape index (κ2) is 7.82. The normalized spacial score (nSPS) is 22.6. The maximum atomic E-state index is 12.0. The molecule has 0 spiro atoms. The summed E-state index contributed by atoms with van der Waals surface area (Å²) in [6, 6.07) is 0.327. The maximum Gasteiger partial charge on any atom is 0.270 e. The molecule has 1 heterocycles. The molecule has 1 aromatic rings. The van der Waals surface area contributed by atoms with E-state index in [0.717, 1.165) is 30.2 Å². The van der Waals surface area contributed by atoms with Crippen molar-refractivity contribution in [3.05, 3.63) is 16.1 Å². The van der Waals surface area contributed by atoms with Crippen LogP contribution in [0.3, 0.4) is 0 Å². The van der Waals surface area contributed by atoms with E-state index in [4.69, 9.17) is 5.73 Å². The van der Waals surface area contributed by atoms with Gasteiger partial charge in [0.15, 0.2) is 0 Å². The van der Waals surface area contributed by atoms with Crippen molar-refractivity contribution >= 4 is 29.7 Å². The predicted octanol–water partition coefficient (Wildman–Crippen LogP) is 2.37. The van der Waals surface area contributed by atoms with Gasteiger partial charge in [-0.25, -0.2) is 4.98 Å². The molecule has 1 aromatic heterocycles. The Hall–Kier alpha value is -0.650. The molecule has 1 aliphatic rings. The zero-order chi connectivity index (χ0) is 13.0. The van der Waals surface area contributed by atoms with Crippen molar-refractivity contribution < 1.29 is 4.79 Å². The van der Waals surface area contributed by atoms with E-state index in [2.05, 4.69) is 17.2 Å². The van der Waals surface area contributed by atoms with Crippen LogP contribution < -0.4 is 11.1 Å². The first-order valence-electron chi connectivity index (χ1n) is 6.64. The minimum absolute atomic E-state index is 0. The summed E-state index contributed by atoms with van der Waals surface area (Å²) in [5.41, 5.74) is 6.02. The molecule has 6 heteroatoms. The lowest BCUT2D eigenvalue weighted by atomic mass is 9.87. The highest BCUT2D eigenvalue weighted by Crippen LogP contribution is 2.23. The van der Waals surface area contributed by atoms with Gasteiger partial charge < -0.3 is 11.1 Å². The second-order valence-electron chi connectivity index (χ2n) is 5.10. The highest BCUT2D eigenvalue weighted by molar-refractivity contribution is 7.09. The smallest absolute Gasteiger partial charge is 0.270 e. The van der Waals surface area contributed by atoms with Crippen LogP contribution in [0.15, 0.2) is 5.38 Å². The summed E-state index contributed by atoms with van der Waals surface area (Å²) in [4.78, 5) is 16.3. The summed E-state index contributed by atoms with van der Waals surface area (Å²) in [7, 11) is 0. The van der Waals surface area contributed by atoms with Crippen LogP contribution in [0.2, 0.25) is 0 Å². The Kier molecular flexibility index (Phi) is 6.75. The van der Waals surface area contributed by atoms with Gasteiger partial charge in [-0.2, -0.15) is 0 Å². The Morgan fingerprint density at radius 1 is 1.47 bits per heavy atom. The highest BCUT2D eigenvalue weighted by Gasteiger charge is 2.21. The van der Waals surface area contributed by atoms with Crippen molar-refractivity contribution in [1.29, 1.82) is 0 Å². The third-order valence-electron chi connectivity index (χ3n) is 3.49. The first kappa shape index (κ1) is 16.4. The van der Waals surface area contributed by atoms with Crippen LogP contribution in [0.25, 0.3) is 0 Å². The Morgan fingerprint density at radius 3 is 2.79 bits per heavy atom. The quantitative estimate of drug-likeness (QED) is 0.897. The van der Waals surface area contributed by atoms with Crippen LogP contribution >= 0.6 is 23.7 Å². The number of rotatable bonds is 4. The monoisotopic (exact) mass is 303 g/mol. The molecule has 3 N–H and O–H groups in total. The van der Waals surface area contributed by atoms with E-state index < -0.39 is 0 Å². The van der Waals surface area contributed by atoms with Crippen LogP contribution in [0, 0.1) is 5.92 Å². The third-order valence-corrected chi connectivity index (χ3v) is 4.40. The summed E-state index contributed by atoms with van der Waals surface area (Å²) < 4.78 is 0. The Morgan fingerprint density at radius 2 is 2.16 bits per heavy atom. The van der Waals surface area contributed by atoms with Crippen LogP contribution in [-0.2, 0) is 6.42 Å². The van der Waals surface area contributed by atoms with Crippen LogP contribution in [0.4, 0.5) is 0 Å².